The summed E-state index contributed by atoms with van der Waals surface area (Å²) in [4.78, 5) is 12.1. The summed E-state index contributed by atoms with van der Waals surface area (Å²) in [6.45, 7) is 0. The first-order chi connectivity index (χ1) is 7.65. The van der Waals surface area contributed by atoms with Crippen LogP contribution in [0.15, 0.2) is 18.5 Å². The molecule has 2 heterocycles. The molecule has 84 valence electrons. The van der Waals surface area contributed by atoms with Gasteiger partial charge in [0.2, 0.25) is 11.9 Å². The number of nitrogens with zero attached hydrogens (tertiary/aromatic N) is 6. The molecule has 3 N–H and O–H groups in total. The Bertz CT molecular complexity index is 463. The normalized spacial score (nSPS) is 10.7. The molecule has 2 aromatic heterocycles. The van der Waals surface area contributed by atoms with Gasteiger partial charge in [-0.3, -0.25) is 5.43 Å². The molecule has 2 rings (SSSR count). The minimum absolute atomic E-state index is 0.143. The Hall–Kier alpha value is -2.22. The fraction of sp³-hybridized carbons (Fsp3) is 0.250. The number of hydrogen-bond donors (Lipinski definition) is 2. The van der Waals surface area contributed by atoms with Gasteiger partial charge in [0.1, 0.15) is 0 Å². The maximum Gasteiger partial charge on any atom is 0.257 e. The van der Waals surface area contributed by atoms with E-state index in [1.807, 2.05) is 14.1 Å². The molecule has 0 saturated carbocycles. The number of hydrazine groups is 1. The quantitative estimate of drug-likeness (QED) is 0.674. The first-order valence-corrected chi connectivity index (χ1v) is 4.61. The largest absolute Gasteiger partial charge is 0.368 e. The minimum Gasteiger partial charge on any atom is -0.368 e. The van der Waals surface area contributed by atoms with Crippen LogP contribution in [0.5, 0.6) is 0 Å². The number of nitrogens with one attached hydrogen (secondary N) is 1. The summed E-state index contributed by atoms with van der Waals surface area (Å²) in [5.74, 6) is 0.898. The first kappa shape index (κ1) is 10.3. The lowest BCUT2D eigenvalue weighted by Gasteiger charge is -2.12. The fourth-order valence-corrected chi connectivity index (χ4v) is 1.12. The topological polar surface area (TPSA) is 97.8 Å². The SMILES string of the molecule is CN(C)Nc1nc(N)nc(-n2cccn2)n1. The van der Waals surface area contributed by atoms with Crippen LogP contribution < -0.4 is 11.2 Å². The lowest BCUT2D eigenvalue weighted by Crippen LogP contribution is -2.22. The average Bonchev–Trinajstić information content (AvgIpc) is 2.67. The molecule has 0 saturated heterocycles. The Labute approximate surface area is 92.1 Å². The van der Waals surface area contributed by atoms with Crippen molar-refractivity contribution in [2.75, 3.05) is 25.3 Å². The number of nitrogen functional groups attached to an aromatic ring is 1. The van der Waals surface area contributed by atoms with Gasteiger partial charge >= 0.3 is 0 Å². The zero-order valence-electron chi connectivity index (χ0n) is 8.99. The zero-order valence-corrected chi connectivity index (χ0v) is 8.99. The van der Waals surface area contributed by atoms with Gasteiger partial charge in [0.15, 0.2) is 0 Å². The van der Waals surface area contributed by atoms with Crippen LogP contribution in [0, 0.1) is 0 Å². The summed E-state index contributed by atoms with van der Waals surface area (Å²) in [6, 6.07) is 1.78. The van der Waals surface area contributed by atoms with Gasteiger partial charge < -0.3 is 5.73 Å². The Balaban J connectivity index is 2.36. The number of nitrogens with two attached hydrogens (primary N) is 1. The van der Waals surface area contributed by atoms with Gasteiger partial charge in [-0.25, -0.2) is 9.69 Å². The summed E-state index contributed by atoms with van der Waals surface area (Å²) in [7, 11) is 3.65. The summed E-state index contributed by atoms with van der Waals surface area (Å²) in [6.07, 6.45) is 3.37. The molecule has 0 fully saturated rings. The smallest absolute Gasteiger partial charge is 0.257 e. The molecule has 0 radical (unpaired) electrons. The van der Waals surface area contributed by atoms with E-state index in [1.165, 1.54) is 4.68 Å². The van der Waals surface area contributed by atoms with E-state index in [0.29, 0.717) is 11.9 Å². The molecule has 0 aromatic carbocycles. The predicted molar refractivity (Wildman–Crippen MR) is 58.7 cm³/mol. The van der Waals surface area contributed by atoms with Crippen molar-refractivity contribution in [1.82, 2.24) is 29.7 Å². The number of hydrogen-bond acceptors (Lipinski definition) is 7. The maximum absolute atomic E-state index is 5.58. The maximum atomic E-state index is 5.58. The summed E-state index contributed by atoms with van der Waals surface area (Å²) < 4.78 is 1.51. The molecular formula is C8H12N8. The van der Waals surface area contributed by atoms with Crippen molar-refractivity contribution in [2.24, 2.45) is 0 Å². The van der Waals surface area contributed by atoms with Crippen molar-refractivity contribution in [3.8, 4) is 5.95 Å². The van der Waals surface area contributed by atoms with Crippen LogP contribution in [0.4, 0.5) is 11.9 Å². The van der Waals surface area contributed by atoms with E-state index in [-0.39, 0.29) is 5.95 Å². The van der Waals surface area contributed by atoms with Crippen molar-refractivity contribution in [3.05, 3.63) is 18.5 Å². The van der Waals surface area contributed by atoms with Crippen molar-refractivity contribution in [2.45, 2.75) is 0 Å². The van der Waals surface area contributed by atoms with Gasteiger partial charge in [-0.15, -0.1) is 0 Å². The highest BCUT2D eigenvalue weighted by molar-refractivity contribution is 5.33. The molecule has 2 aromatic rings. The van der Waals surface area contributed by atoms with E-state index >= 15 is 0 Å². The van der Waals surface area contributed by atoms with Crippen LogP contribution in [-0.2, 0) is 0 Å². The highest BCUT2D eigenvalue weighted by Gasteiger charge is 2.06. The highest BCUT2D eigenvalue weighted by Crippen LogP contribution is 2.05. The summed E-state index contributed by atoms with van der Waals surface area (Å²) in [5, 5.41) is 5.72. The third-order valence-corrected chi connectivity index (χ3v) is 1.67. The zero-order chi connectivity index (χ0) is 11.5. The molecule has 0 atom stereocenters. The standard InChI is InChI=1S/C8H12N8/c1-15(2)14-7-11-6(9)12-8(13-7)16-5-3-4-10-16/h3-5H,1-2H3,(H3,9,11,12,13,14). The van der Waals surface area contributed by atoms with Crippen molar-refractivity contribution in [3.63, 3.8) is 0 Å². The molecule has 0 aliphatic carbocycles. The van der Waals surface area contributed by atoms with Gasteiger partial charge in [-0.1, -0.05) is 0 Å². The summed E-state index contributed by atoms with van der Waals surface area (Å²) in [5.41, 5.74) is 8.48. The lowest BCUT2D eigenvalue weighted by molar-refractivity contribution is 0.488. The van der Waals surface area contributed by atoms with E-state index in [0.717, 1.165) is 0 Å². The van der Waals surface area contributed by atoms with E-state index in [2.05, 4.69) is 25.5 Å². The molecule has 8 heteroatoms. The first-order valence-electron chi connectivity index (χ1n) is 4.61. The van der Waals surface area contributed by atoms with Gasteiger partial charge in [0.05, 0.1) is 0 Å². The van der Waals surface area contributed by atoms with Crippen LogP contribution >= 0.6 is 0 Å². The molecule has 0 spiro atoms. The molecule has 0 unspecified atom stereocenters. The molecule has 0 bridgehead atoms. The van der Waals surface area contributed by atoms with Crippen LogP contribution in [0.3, 0.4) is 0 Å². The number of aromatic nitrogens is 5. The average molecular weight is 220 g/mol. The van der Waals surface area contributed by atoms with Crippen molar-refractivity contribution < 1.29 is 0 Å². The Morgan fingerprint density at radius 1 is 1.31 bits per heavy atom. The molecular weight excluding hydrogens is 208 g/mol. The second kappa shape index (κ2) is 4.11. The van der Waals surface area contributed by atoms with Crippen LogP contribution in [0.1, 0.15) is 0 Å². The van der Waals surface area contributed by atoms with Crippen LogP contribution in [0.2, 0.25) is 0 Å². The van der Waals surface area contributed by atoms with Crippen molar-refractivity contribution in [1.29, 1.82) is 0 Å². The molecule has 0 aliphatic rings. The van der Waals surface area contributed by atoms with Crippen LogP contribution in [-0.4, -0.2) is 43.8 Å². The fourth-order valence-electron chi connectivity index (χ4n) is 1.12. The molecule has 0 aliphatic heterocycles. The Morgan fingerprint density at radius 3 is 2.75 bits per heavy atom. The van der Waals surface area contributed by atoms with Gasteiger partial charge in [-0.05, 0) is 6.07 Å². The second-order valence-electron chi connectivity index (χ2n) is 3.27. The predicted octanol–water partition coefficient (Wildman–Crippen LogP) is -0.472. The van der Waals surface area contributed by atoms with Gasteiger partial charge in [0, 0.05) is 26.5 Å². The lowest BCUT2D eigenvalue weighted by atomic mass is 10.7. The Kier molecular flexibility index (Phi) is 2.64. The van der Waals surface area contributed by atoms with E-state index < -0.39 is 0 Å². The van der Waals surface area contributed by atoms with E-state index in [9.17, 15) is 0 Å². The van der Waals surface area contributed by atoms with Crippen LogP contribution in [0.25, 0.3) is 5.95 Å². The van der Waals surface area contributed by atoms with Crippen molar-refractivity contribution >= 4 is 11.9 Å². The van der Waals surface area contributed by atoms with Gasteiger partial charge in [-0.2, -0.15) is 20.1 Å². The van der Waals surface area contributed by atoms with E-state index in [1.54, 1.807) is 23.5 Å². The monoisotopic (exact) mass is 220 g/mol. The molecule has 8 nitrogen and oxygen atoms in total. The van der Waals surface area contributed by atoms with Gasteiger partial charge in [0.25, 0.3) is 5.95 Å². The minimum atomic E-state index is 0.143. The second-order valence-corrected chi connectivity index (χ2v) is 3.27. The third-order valence-electron chi connectivity index (χ3n) is 1.67. The molecule has 0 amide bonds. The Morgan fingerprint density at radius 2 is 2.12 bits per heavy atom. The third kappa shape index (κ3) is 2.23. The van der Waals surface area contributed by atoms with E-state index in [4.69, 9.17) is 5.73 Å². The molecule has 16 heavy (non-hydrogen) atoms. The highest BCUT2D eigenvalue weighted by atomic mass is 15.5. The summed E-state index contributed by atoms with van der Waals surface area (Å²) >= 11 is 0. The number of rotatable bonds is 3. The number of anilines is 2.